The molecule has 9 aromatic carbocycles. The van der Waals surface area contributed by atoms with Crippen molar-refractivity contribution in [3.63, 3.8) is 0 Å². The van der Waals surface area contributed by atoms with Gasteiger partial charge in [-0.15, -0.1) is 0 Å². The molecular weight excluding hydrogens is 721 g/mol. The van der Waals surface area contributed by atoms with Crippen LogP contribution in [0.25, 0.3) is 121 Å². The van der Waals surface area contributed by atoms with Gasteiger partial charge in [-0.2, -0.15) is 0 Å². The van der Waals surface area contributed by atoms with Crippen LogP contribution in [-0.2, 0) is 0 Å². The second-order valence-corrected chi connectivity index (χ2v) is 15.3. The fraction of sp³-hybridized carbons (Fsp3) is 0. The van der Waals surface area contributed by atoms with Crippen molar-refractivity contribution in [2.24, 2.45) is 0 Å². The zero-order valence-electron chi connectivity index (χ0n) is 31.7. The maximum absolute atomic E-state index is 6.76. The smallest absolute Gasteiger partial charge is 0.160 e. The Balaban J connectivity index is 1.11. The van der Waals surface area contributed by atoms with E-state index < -0.39 is 0 Å². The van der Waals surface area contributed by atoms with Gasteiger partial charge in [0.15, 0.2) is 5.82 Å². The van der Waals surface area contributed by atoms with Crippen molar-refractivity contribution in [1.29, 1.82) is 0 Å². The predicted octanol–water partition coefficient (Wildman–Crippen LogP) is 14.2. The minimum absolute atomic E-state index is 0.693. The zero-order valence-corrected chi connectivity index (χ0v) is 31.7. The lowest BCUT2D eigenvalue weighted by Gasteiger charge is -2.12. The summed E-state index contributed by atoms with van der Waals surface area (Å²) in [6.07, 6.45) is 0. The van der Waals surface area contributed by atoms with Crippen LogP contribution in [0.1, 0.15) is 0 Å². The Hall–Kier alpha value is -8.02. The van der Waals surface area contributed by atoms with Crippen molar-refractivity contribution in [2.45, 2.75) is 0 Å². The molecule has 0 aliphatic heterocycles. The highest BCUT2D eigenvalue weighted by molar-refractivity contribution is 6.31. The Kier molecular flexibility index (Phi) is 6.66. The number of aromatic nitrogens is 4. The van der Waals surface area contributed by atoms with Gasteiger partial charge in [0.1, 0.15) is 11.2 Å². The Morgan fingerprint density at radius 1 is 0.390 bits per heavy atom. The minimum atomic E-state index is 0.693. The van der Waals surface area contributed by atoms with Crippen LogP contribution in [0.4, 0.5) is 0 Å². The first-order valence-corrected chi connectivity index (χ1v) is 20.0. The highest BCUT2D eigenvalue weighted by atomic mass is 16.3. The van der Waals surface area contributed by atoms with E-state index in [1.54, 1.807) is 0 Å². The fourth-order valence-corrected chi connectivity index (χ4v) is 9.49. The Morgan fingerprint density at radius 3 is 1.98 bits per heavy atom. The molecule has 0 atom stereocenters. The molecule has 13 rings (SSSR count). The van der Waals surface area contributed by atoms with Crippen molar-refractivity contribution < 1.29 is 4.42 Å². The van der Waals surface area contributed by atoms with E-state index in [2.05, 4.69) is 185 Å². The molecule has 0 fully saturated rings. The second-order valence-electron chi connectivity index (χ2n) is 15.3. The number of furan rings is 1. The van der Waals surface area contributed by atoms with Gasteiger partial charge in [-0.05, 0) is 77.5 Å². The van der Waals surface area contributed by atoms with Gasteiger partial charge in [-0.1, -0.05) is 127 Å². The molecule has 4 heterocycles. The molecule has 0 bridgehead atoms. The molecule has 0 aliphatic carbocycles. The lowest BCUT2D eigenvalue weighted by atomic mass is 10.1. The number of nitrogens with zero attached hydrogens (tertiary/aromatic N) is 4. The standard InChI is InChI=1S/C54H32N4O/c1-2-14-34(15-3-1)51-41-20-6-9-22-44(41)55-54(56-51)36-17-12-18-37(32-36)57-45-23-10-7-21-42(45)49-46(57)30-28-43-50-47(29-27-40-39-19-8-11-24-48(39)59-53(40)50)58(52(43)49)38-26-25-33-13-4-5-16-35(33)31-38/h1-32H. The molecule has 0 radical (unpaired) electrons. The SMILES string of the molecule is c1ccc(-c2nc(-c3cccc(-n4c5ccccc5c5c4ccc4c6c7oc8ccccc8c7ccc6n(-c6ccc7ccccc7c6)c45)c3)nc3ccccc23)cc1. The van der Waals surface area contributed by atoms with Gasteiger partial charge in [0.05, 0.1) is 38.7 Å². The molecule has 0 aliphatic rings. The molecule has 0 saturated heterocycles. The van der Waals surface area contributed by atoms with Crippen LogP contribution in [0, 0.1) is 0 Å². The number of hydrogen-bond acceptors (Lipinski definition) is 3. The second kappa shape index (κ2) is 12.2. The van der Waals surface area contributed by atoms with Crippen LogP contribution in [-0.4, -0.2) is 19.1 Å². The van der Waals surface area contributed by atoms with Crippen molar-refractivity contribution in [3.8, 4) is 34.0 Å². The predicted molar refractivity (Wildman–Crippen MR) is 244 cm³/mol. The third-order valence-corrected chi connectivity index (χ3v) is 12.1. The summed E-state index contributed by atoms with van der Waals surface area (Å²) >= 11 is 0. The van der Waals surface area contributed by atoms with Crippen LogP contribution in [0.15, 0.2) is 199 Å². The highest BCUT2D eigenvalue weighted by Gasteiger charge is 2.24. The largest absolute Gasteiger partial charge is 0.455 e. The summed E-state index contributed by atoms with van der Waals surface area (Å²) in [5, 5.41) is 10.3. The van der Waals surface area contributed by atoms with Gasteiger partial charge in [0, 0.05) is 54.8 Å². The van der Waals surface area contributed by atoms with Crippen molar-refractivity contribution >= 4 is 87.2 Å². The van der Waals surface area contributed by atoms with Crippen LogP contribution >= 0.6 is 0 Å². The van der Waals surface area contributed by atoms with Crippen LogP contribution < -0.4 is 0 Å². The third-order valence-electron chi connectivity index (χ3n) is 12.1. The van der Waals surface area contributed by atoms with Gasteiger partial charge in [-0.25, -0.2) is 9.97 Å². The normalized spacial score (nSPS) is 12.1. The quantitative estimate of drug-likeness (QED) is 0.180. The monoisotopic (exact) mass is 752 g/mol. The van der Waals surface area contributed by atoms with Gasteiger partial charge in [0.25, 0.3) is 0 Å². The molecular formula is C54H32N4O. The van der Waals surface area contributed by atoms with Crippen molar-refractivity contribution in [1.82, 2.24) is 19.1 Å². The van der Waals surface area contributed by atoms with E-state index in [1.807, 2.05) is 18.2 Å². The van der Waals surface area contributed by atoms with Gasteiger partial charge in [0.2, 0.25) is 0 Å². The first-order chi connectivity index (χ1) is 29.3. The van der Waals surface area contributed by atoms with E-state index in [-0.39, 0.29) is 0 Å². The molecule has 274 valence electrons. The average molecular weight is 753 g/mol. The van der Waals surface area contributed by atoms with E-state index in [4.69, 9.17) is 14.4 Å². The molecule has 0 N–H and O–H groups in total. The van der Waals surface area contributed by atoms with Crippen LogP contribution in [0.3, 0.4) is 0 Å². The Bertz CT molecular complexity index is 3850. The van der Waals surface area contributed by atoms with Gasteiger partial charge >= 0.3 is 0 Å². The maximum atomic E-state index is 6.76. The molecule has 0 amide bonds. The summed E-state index contributed by atoms with van der Waals surface area (Å²) in [4.78, 5) is 10.3. The van der Waals surface area contributed by atoms with Crippen molar-refractivity contribution in [3.05, 3.63) is 194 Å². The zero-order chi connectivity index (χ0) is 38.6. The minimum Gasteiger partial charge on any atom is -0.455 e. The molecule has 0 spiro atoms. The summed E-state index contributed by atoms with van der Waals surface area (Å²) in [6.45, 7) is 0. The van der Waals surface area contributed by atoms with E-state index in [0.29, 0.717) is 5.82 Å². The number of benzene rings is 9. The average Bonchev–Trinajstić information content (AvgIpc) is 3.96. The summed E-state index contributed by atoms with van der Waals surface area (Å²) in [7, 11) is 0. The summed E-state index contributed by atoms with van der Waals surface area (Å²) in [5.41, 5.74) is 12.3. The molecule has 5 heteroatoms. The highest BCUT2D eigenvalue weighted by Crippen LogP contribution is 2.46. The topological polar surface area (TPSA) is 48.8 Å². The maximum Gasteiger partial charge on any atom is 0.160 e. The summed E-state index contributed by atoms with van der Waals surface area (Å²) in [6, 6.07) is 68.9. The Labute approximate surface area is 337 Å². The Morgan fingerprint density at radius 2 is 1.08 bits per heavy atom. The van der Waals surface area contributed by atoms with E-state index >= 15 is 0 Å². The van der Waals surface area contributed by atoms with E-state index in [0.717, 1.165) is 93.9 Å². The first-order valence-electron chi connectivity index (χ1n) is 20.0. The number of fused-ring (bicyclic) bond motifs is 13. The number of rotatable bonds is 4. The van der Waals surface area contributed by atoms with Crippen LogP contribution in [0.2, 0.25) is 0 Å². The van der Waals surface area contributed by atoms with Crippen molar-refractivity contribution in [2.75, 3.05) is 0 Å². The van der Waals surface area contributed by atoms with E-state index in [1.165, 1.54) is 21.5 Å². The number of para-hydroxylation sites is 3. The third kappa shape index (κ3) is 4.67. The molecule has 0 unspecified atom stereocenters. The molecule has 59 heavy (non-hydrogen) atoms. The van der Waals surface area contributed by atoms with E-state index in [9.17, 15) is 0 Å². The fourth-order valence-electron chi connectivity index (χ4n) is 9.49. The van der Waals surface area contributed by atoms with Crippen LogP contribution in [0.5, 0.6) is 0 Å². The van der Waals surface area contributed by atoms with Gasteiger partial charge in [-0.3, -0.25) is 0 Å². The lowest BCUT2D eigenvalue weighted by molar-refractivity contribution is 0.673. The first kappa shape index (κ1) is 32.1. The molecule has 5 nitrogen and oxygen atoms in total. The summed E-state index contributed by atoms with van der Waals surface area (Å²) in [5.74, 6) is 0.693. The summed E-state index contributed by atoms with van der Waals surface area (Å²) < 4.78 is 11.6. The molecule has 13 aromatic rings. The van der Waals surface area contributed by atoms with Gasteiger partial charge < -0.3 is 13.6 Å². The lowest BCUT2D eigenvalue weighted by Crippen LogP contribution is -1.98. The molecule has 4 aromatic heterocycles. The molecule has 0 saturated carbocycles. The number of hydrogen-bond donors (Lipinski definition) is 0.